The molecule has 0 spiro atoms. The van der Waals surface area contributed by atoms with Gasteiger partial charge in [0.15, 0.2) is 34.0 Å². The molecule has 0 saturated carbocycles. The number of anilines is 2. The zero-order chi connectivity index (χ0) is 24.9. The van der Waals surface area contributed by atoms with Gasteiger partial charge in [-0.05, 0) is 12.1 Å². The summed E-state index contributed by atoms with van der Waals surface area (Å²) in [6.07, 6.45) is 1.39. The Labute approximate surface area is 198 Å². The predicted molar refractivity (Wildman–Crippen MR) is 117 cm³/mol. The van der Waals surface area contributed by atoms with Gasteiger partial charge in [-0.1, -0.05) is 0 Å². The summed E-state index contributed by atoms with van der Waals surface area (Å²) in [7, 11) is 1.59. The third kappa shape index (κ3) is 4.07. The number of hydrogen-bond donors (Lipinski definition) is 1. The van der Waals surface area contributed by atoms with Crippen LogP contribution in [-0.4, -0.2) is 64.0 Å². The Morgan fingerprint density at radius 3 is 2.74 bits per heavy atom. The average Bonchev–Trinajstić information content (AvgIpc) is 3.54. The number of hydrogen-bond acceptors (Lipinski definition) is 8. The first-order valence-electron chi connectivity index (χ1n) is 10.1. The second-order valence-corrected chi connectivity index (χ2v) is 8.33. The summed E-state index contributed by atoms with van der Waals surface area (Å²) >= 11 is 0.991. The molecule has 0 atom stereocenters. The molecule has 1 aromatic carbocycles. The van der Waals surface area contributed by atoms with Crippen LogP contribution in [0.25, 0.3) is 11.3 Å². The first kappa shape index (κ1) is 22.8. The summed E-state index contributed by atoms with van der Waals surface area (Å²) in [5.41, 5.74) is 0.337. The number of aliphatic imine (C=N–C) groups is 1. The van der Waals surface area contributed by atoms with Crippen molar-refractivity contribution < 1.29 is 31.9 Å². The van der Waals surface area contributed by atoms with Gasteiger partial charge < -0.3 is 14.6 Å². The van der Waals surface area contributed by atoms with E-state index >= 15 is 0 Å². The van der Waals surface area contributed by atoms with Gasteiger partial charge in [-0.15, -0.1) is 11.3 Å². The van der Waals surface area contributed by atoms with Crippen molar-refractivity contribution in [1.82, 2.24) is 19.4 Å². The van der Waals surface area contributed by atoms with Gasteiger partial charge in [0.05, 0.1) is 18.6 Å². The van der Waals surface area contributed by atoms with Crippen molar-refractivity contribution in [2.45, 2.75) is 13.2 Å². The predicted octanol–water partition coefficient (Wildman–Crippen LogP) is 2.79. The number of nitrogens with one attached hydrogen (secondary N) is 1. The van der Waals surface area contributed by atoms with Crippen LogP contribution in [-0.2, 0) is 11.3 Å². The molecule has 2 aromatic heterocycles. The average molecular weight is 509 g/mol. The van der Waals surface area contributed by atoms with Crippen LogP contribution in [0.5, 0.6) is 5.75 Å². The second kappa shape index (κ2) is 8.65. The molecule has 5 rings (SSSR count). The van der Waals surface area contributed by atoms with Crippen molar-refractivity contribution in [2.75, 3.05) is 30.4 Å². The van der Waals surface area contributed by atoms with Crippen molar-refractivity contribution >= 4 is 40.1 Å². The molecular formula is C20H15F4N7O3S. The molecule has 0 aliphatic carbocycles. The molecule has 35 heavy (non-hydrogen) atoms. The Morgan fingerprint density at radius 1 is 1.29 bits per heavy atom. The lowest BCUT2D eigenvalue weighted by atomic mass is 10.1. The zero-order valence-corrected chi connectivity index (χ0v) is 18.7. The molecule has 182 valence electrons. The van der Waals surface area contributed by atoms with Gasteiger partial charge in [-0.25, -0.2) is 18.7 Å². The lowest BCUT2D eigenvalue weighted by Crippen LogP contribution is -2.48. The number of rotatable bonds is 6. The molecule has 0 bridgehead atoms. The number of thiazole rings is 1. The highest BCUT2D eigenvalue weighted by molar-refractivity contribution is 7.14. The Balaban J connectivity index is 1.31. The number of fused-ring (bicyclic) bond motifs is 3. The van der Waals surface area contributed by atoms with Gasteiger partial charge in [-0.2, -0.15) is 8.78 Å². The quantitative estimate of drug-likeness (QED) is 0.513. The van der Waals surface area contributed by atoms with E-state index in [0.717, 1.165) is 23.5 Å². The van der Waals surface area contributed by atoms with Crippen LogP contribution in [0.2, 0.25) is 0 Å². The SMILES string of the molecule is CN1C(=O)c2c(ncn2CC(=O)Nc2nc(-c3cc(F)c(OC(F)F)c(F)c3)cs2)N2CCN=C12. The van der Waals surface area contributed by atoms with Crippen molar-refractivity contribution in [3.63, 3.8) is 0 Å². The van der Waals surface area contributed by atoms with Crippen LogP contribution in [0.3, 0.4) is 0 Å². The summed E-state index contributed by atoms with van der Waals surface area (Å²) < 4.78 is 57.9. The van der Waals surface area contributed by atoms with Crippen molar-refractivity contribution in [3.05, 3.63) is 41.2 Å². The van der Waals surface area contributed by atoms with E-state index in [4.69, 9.17) is 0 Å². The van der Waals surface area contributed by atoms with E-state index < -0.39 is 29.9 Å². The molecule has 2 aliphatic rings. The Kier molecular flexibility index (Phi) is 5.62. The van der Waals surface area contributed by atoms with Gasteiger partial charge in [-0.3, -0.25) is 24.4 Å². The summed E-state index contributed by atoms with van der Waals surface area (Å²) in [4.78, 5) is 41.3. The Bertz CT molecular complexity index is 1350. The fourth-order valence-corrected chi connectivity index (χ4v) is 4.50. The number of nitrogens with zero attached hydrogens (tertiary/aromatic N) is 6. The number of guanidine groups is 1. The smallest absolute Gasteiger partial charge is 0.387 e. The molecule has 15 heteroatoms. The highest BCUT2D eigenvalue weighted by atomic mass is 32.1. The third-order valence-corrected chi connectivity index (χ3v) is 6.02. The van der Waals surface area contributed by atoms with Gasteiger partial charge in [0.2, 0.25) is 11.9 Å². The van der Waals surface area contributed by atoms with E-state index in [1.54, 1.807) is 11.9 Å². The Morgan fingerprint density at radius 2 is 2.03 bits per heavy atom. The van der Waals surface area contributed by atoms with Gasteiger partial charge >= 0.3 is 6.61 Å². The number of alkyl halides is 2. The number of amides is 2. The van der Waals surface area contributed by atoms with E-state index in [9.17, 15) is 27.2 Å². The van der Waals surface area contributed by atoms with Gasteiger partial charge in [0, 0.05) is 24.5 Å². The minimum absolute atomic E-state index is 0.0289. The Hall–Kier alpha value is -4.01. The minimum Gasteiger partial charge on any atom is -0.429 e. The van der Waals surface area contributed by atoms with E-state index in [0.29, 0.717) is 24.9 Å². The number of benzene rings is 1. The maximum Gasteiger partial charge on any atom is 0.387 e. The highest BCUT2D eigenvalue weighted by Gasteiger charge is 2.38. The number of carbonyl (C=O) groups excluding carboxylic acids is 2. The molecule has 0 unspecified atom stereocenters. The normalized spacial score (nSPS) is 14.8. The van der Waals surface area contributed by atoms with Gasteiger partial charge in [0.25, 0.3) is 5.91 Å². The topological polar surface area (TPSA) is 105 Å². The highest BCUT2D eigenvalue weighted by Crippen LogP contribution is 2.32. The van der Waals surface area contributed by atoms with E-state index in [2.05, 4.69) is 25.0 Å². The van der Waals surface area contributed by atoms with Crippen LogP contribution < -0.4 is 15.0 Å². The van der Waals surface area contributed by atoms with E-state index in [1.807, 2.05) is 0 Å². The number of ether oxygens (including phenoxy) is 1. The monoisotopic (exact) mass is 509 g/mol. The fraction of sp³-hybridized carbons (Fsp3) is 0.250. The van der Waals surface area contributed by atoms with Crippen molar-refractivity contribution in [2.24, 2.45) is 4.99 Å². The van der Waals surface area contributed by atoms with Crippen LogP contribution in [0.15, 0.2) is 28.8 Å². The lowest BCUT2D eigenvalue weighted by molar-refractivity contribution is -0.116. The van der Waals surface area contributed by atoms with E-state index in [-0.39, 0.29) is 34.5 Å². The van der Waals surface area contributed by atoms with Crippen molar-refractivity contribution in [3.8, 4) is 17.0 Å². The molecule has 0 fully saturated rings. The maximum atomic E-state index is 14.0. The number of halogens is 4. The molecule has 1 N–H and O–H groups in total. The van der Waals surface area contributed by atoms with E-state index in [1.165, 1.54) is 21.2 Å². The summed E-state index contributed by atoms with van der Waals surface area (Å²) in [5.74, 6) is -3.74. The molecule has 2 aliphatic heterocycles. The minimum atomic E-state index is -3.38. The molecule has 3 aromatic rings. The molecule has 0 saturated heterocycles. The fourth-order valence-electron chi connectivity index (χ4n) is 3.77. The third-order valence-electron chi connectivity index (χ3n) is 5.27. The number of carbonyl (C=O) groups is 2. The van der Waals surface area contributed by atoms with Crippen LogP contribution >= 0.6 is 11.3 Å². The second-order valence-electron chi connectivity index (χ2n) is 7.48. The zero-order valence-electron chi connectivity index (χ0n) is 17.8. The molecule has 2 amide bonds. The molecular weight excluding hydrogens is 494 g/mol. The summed E-state index contributed by atoms with van der Waals surface area (Å²) in [5, 5.41) is 4.13. The first-order valence-corrected chi connectivity index (χ1v) is 11.0. The summed E-state index contributed by atoms with van der Waals surface area (Å²) in [6.45, 7) is -2.52. The van der Waals surface area contributed by atoms with Crippen LogP contribution in [0, 0.1) is 11.6 Å². The largest absolute Gasteiger partial charge is 0.429 e. The molecule has 10 nitrogen and oxygen atoms in total. The molecule has 0 radical (unpaired) electrons. The molecule has 4 heterocycles. The number of imidazole rings is 1. The standard InChI is InChI=1S/C20H15F4N7O3S/c1-29-17(33)14-16(31-3-2-25-20(29)31)26-8-30(14)6-13(32)28-19-27-12(7-35-19)9-4-10(21)15(11(22)5-9)34-18(23)24/h4-5,7-8,18H,2-3,6H2,1H3,(H,27,28,32). The maximum absolute atomic E-state index is 14.0. The van der Waals surface area contributed by atoms with Gasteiger partial charge in [0.1, 0.15) is 6.54 Å². The first-order chi connectivity index (χ1) is 16.7. The van der Waals surface area contributed by atoms with Crippen LogP contribution in [0.1, 0.15) is 10.5 Å². The lowest BCUT2D eigenvalue weighted by Gasteiger charge is -2.30. The van der Waals surface area contributed by atoms with Crippen molar-refractivity contribution in [1.29, 1.82) is 0 Å². The van der Waals surface area contributed by atoms with Crippen LogP contribution in [0.4, 0.5) is 28.5 Å². The summed E-state index contributed by atoms with van der Waals surface area (Å²) in [6, 6.07) is 1.61. The number of aromatic nitrogens is 3.